The maximum atomic E-state index is 11.6. The molecule has 0 saturated heterocycles. The van der Waals surface area contributed by atoms with Gasteiger partial charge >= 0.3 is 6.18 Å². The van der Waals surface area contributed by atoms with Crippen LogP contribution in [0.2, 0.25) is 0 Å². The van der Waals surface area contributed by atoms with Crippen LogP contribution in [-0.4, -0.2) is 24.9 Å². The number of carbonyl (C=O) groups is 2. The molecule has 0 aliphatic carbocycles. The zero-order valence-corrected chi connectivity index (χ0v) is 6.72. The number of hydrogen-bond acceptors (Lipinski definition) is 3. The third-order valence-corrected chi connectivity index (χ3v) is 1.04. The second-order valence-corrected chi connectivity index (χ2v) is 2.10. The van der Waals surface area contributed by atoms with Crippen molar-refractivity contribution in [3.8, 4) is 0 Å². The highest BCUT2D eigenvalue weighted by Crippen LogP contribution is 2.17. The minimum Gasteiger partial charge on any atom is -0.504 e. The van der Waals surface area contributed by atoms with E-state index in [1.165, 1.54) is 7.11 Å². The van der Waals surface area contributed by atoms with Crippen molar-refractivity contribution in [3.63, 3.8) is 0 Å². The monoisotopic (exact) mass is 196 g/mol. The Kier molecular flexibility index (Phi) is 4.16. The van der Waals surface area contributed by atoms with Crippen LogP contribution in [0.3, 0.4) is 0 Å². The number of halogens is 3. The van der Waals surface area contributed by atoms with Crippen LogP contribution in [-0.2, 0) is 14.3 Å². The minimum absolute atomic E-state index is 0.768. The van der Waals surface area contributed by atoms with E-state index in [0.29, 0.717) is 0 Å². The first-order valence-electron chi connectivity index (χ1n) is 3.20. The first-order chi connectivity index (χ1) is 5.88. The molecular weight excluding hydrogens is 189 g/mol. The fourth-order valence-electron chi connectivity index (χ4n) is 0.461. The number of ketones is 2. The number of carbonyl (C=O) groups excluding carboxylic acids is 2. The Morgan fingerprint density at radius 3 is 2.31 bits per heavy atom. The van der Waals surface area contributed by atoms with Crippen LogP contribution >= 0.6 is 0 Å². The van der Waals surface area contributed by atoms with Crippen LogP contribution in [0.5, 0.6) is 0 Å². The number of Topliss-reactive ketones (excluding diaryl/α,β-unsaturated/α-hetero) is 1. The zero-order valence-electron chi connectivity index (χ0n) is 6.72. The van der Waals surface area contributed by atoms with Gasteiger partial charge in [-0.1, -0.05) is 0 Å². The van der Waals surface area contributed by atoms with Crippen molar-refractivity contribution in [3.05, 3.63) is 12.3 Å². The Hall–Kier alpha value is -1.33. The van der Waals surface area contributed by atoms with Gasteiger partial charge in [0.1, 0.15) is 0 Å². The highest BCUT2D eigenvalue weighted by Gasteiger charge is 2.38. The number of allylic oxidation sites excluding steroid dienone is 1. The normalized spacial score (nSPS) is 11.7. The van der Waals surface area contributed by atoms with Gasteiger partial charge in [0.15, 0.2) is 5.78 Å². The lowest BCUT2D eigenvalue weighted by molar-refractivity contribution is -0.171. The molecule has 0 spiro atoms. The molecule has 0 unspecified atom stereocenters. The van der Waals surface area contributed by atoms with Crippen LogP contribution < -0.4 is 0 Å². The summed E-state index contributed by atoms with van der Waals surface area (Å²) in [5, 5.41) is 0. The molecule has 0 aromatic heterocycles. The zero-order chi connectivity index (χ0) is 10.5. The molecule has 0 amide bonds. The molecule has 74 valence electrons. The lowest BCUT2D eigenvalue weighted by Crippen LogP contribution is -2.24. The molecule has 0 saturated carbocycles. The van der Waals surface area contributed by atoms with Gasteiger partial charge in [0.2, 0.25) is 5.78 Å². The first-order valence-corrected chi connectivity index (χ1v) is 3.20. The molecule has 0 aliphatic heterocycles. The summed E-state index contributed by atoms with van der Waals surface area (Å²) in [6.07, 6.45) is -4.45. The second kappa shape index (κ2) is 4.64. The Morgan fingerprint density at radius 1 is 1.38 bits per heavy atom. The van der Waals surface area contributed by atoms with Crippen molar-refractivity contribution in [1.29, 1.82) is 0 Å². The Balaban J connectivity index is 4.08. The summed E-state index contributed by atoms with van der Waals surface area (Å²) in [6.45, 7) is 0. The lowest BCUT2D eigenvalue weighted by Gasteiger charge is -2.01. The molecule has 0 radical (unpaired) electrons. The standard InChI is InChI=1S/C7H7F3O3/c1-13-3-2-5(11)4-6(12)7(8,9)10/h2-3H,4H2,1H3/b3-2+. The van der Waals surface area contributed by atoms with Crippen molar-refractivity contribution >= 4 is 11.6 Å². The summed E-state index contributed by atoms with van der Waals surface area (Å²) in [6, 6.07) is 0. The van der Waals surface area contributed by atoms with E-state index in [1.54, 1.807) is 0 Å². The van der Waals surface area contributed by atoms with Gasteiger partial charge in [-0.2, -0.15) is 13.2 Å². The summed E-state index contributed by atoms with van der Waals surface area (Å²) in [5.74, 6) is -3.00. The van der Waals surface area contributed by atoms with Crippen LogP contribution in [0.4, 0.5) is 13.2 Å². The van der Waals surface area contributed by atoms with Gasteiger partial charge in [0.25, 0.3) is 0 Å². The number of rotatable bonds is 4. The van der Waals surface area contributed by atoms with E-state index in [-0.39, 0.29) is 0 Å². The van der Waals surface area contributed by atoms with E-state index in [4.69, 9.17) is 0 Å². The van der Waals surface area contributed by atoms with E-state index < -0.39 is 24.2 Å². The smallest absolute Gasteiger partial charge is 0.450 e. The molecule has 0 atom stereocenters. The maximum Gasteiger partial charge on any atom is 0.450 e. The summed E-state index contributed by atoms with van der Waals surface area (Å²) >= 11 is 0. The molecule has 0 heterocycles. The van der Waals surface area contributed by atoms with Crippen molar-refractivity contribution < 1.29 is 27.5 Å². The van der Waals surface area contributed by atoms with Crippen molar-refractivity contribution in [2.45, 2.75) is 12.6 Å². The number of hydrogen-bond donors (Lipinski definition) is 0. The summed E-state index contributed by atoms with van der Waals surface area (Å²) in [5.41, 5.74) is 0. The summed E-state index contributed by atoms with van der Waals surface area (Å²) < 4.78 is 39.0. The summed E-state index contributed by atoms with van der Waals surface area (Å²) in [4.78, 5) is 20.8. The minimum atomic E-state index is -4.95. The van der Waals surface area contributed by atoms with Gasteiger partial charge in [-0.3, -0.25) is 9.59 Å². The van der Waals surface area contributed by atoms with E-state index in [2.05, 4.69) is 4.74 Å². The Morgan fingerprint density at radius 2 is 1.92 bits per heavy atom. The predicted octanol–water partition coefficient (Wildman–Crippen LogP) is 1.24. The molecule has 0 aromatic carbocycles. The van der Waals surface area contributed by atoms with Gasteiger partial charge < -0.3 is 4.74 Å². The maximum absolute atomic E-state index is 11.6. The molecule has 6 heteroatoms. The fraction of sp³-hybridized carbons (Fsp3) is 0.429. The second-order valence-electron chi connectivity index (χ2n) is 2.10. The highest BCUT2D eigenvalue weighted by atomic mass is 19.4. The molecule has 0 aliphatic rings. The van der Waals surface area contributed by atoms with Crippen LogP contribution in [0.1, 0.15) is 6.42 Å². The van der Waals surface area contributed by atoms with Gasteiger partial charge in [-0.15, -0.1) is 0 Å². The highest BCUT2D eigenvalue weighted by molar-refractivity contribution is 6.06. The third-order valence-electron chi connectivity index (χ3n) is 1.04. The number of methoxy groups -OCH3 is 1. The van der Waals surface area contributed by atoms with Crippen molar-refractivity contribution in [2.24, 2.45) is 0 Å². The Labute approximate surface area is 72.2 Å². The van der Waals surface area contributed by atoms with Crippen LogP contribution in [0.15, 0.2) is 12.3 Å². The van der Waals surface area contributed by atoms with Gasteiger partial charge in [-0.25, -0.2) is 0 Å². The molecular formula is C7H7F3O3. The first kappa shape index (κ1) is 11.7. The molecule has 0 aromatic rings. The quantitative estimate of drug-likeness (QED) is 0.386. The van der Waals surface area contributed by atoms with Gasteiger partial charge in [-0.05, 0) is 0 Å². The third kappa shape index (κ3) is 5.00. The molecule has 0 fully saturated rings. The van der Waals surface area contributed by atoms with Gasteiger partial charge in [0, 0.05) is 6.08 Å². The van der Waals surface area contributed by atoms with Crippen LogP contribution in [0.25, 0.3) is 0 Å². The SMILES string of the molecule is CO/C=C/C(=O)CC(=O)C(F)(F)F. The largest absolute Gasteiger partial charge is 0.504 e. The fourth-order valence-corrected chi connectivity index (χ4v) is 0.461. The van der Waals surface area contributed by atoms with E-state index in [1.807, 2.05) is 0 Å². The predicted molar refractivity (Wildman–Crippen MR) is 36.8 cm³/mol. The molecule has 0 bridgehead atoms. The van der Waals surface area contributed by atoms with E-state index in [9.17, 15) is 22.8 Å². The van der Waals surface area contributed by atoms with E-state index >= 15 is 0 Å². The topological polar surface area (TPSA) is 43.4 Å². The molecule has 13 heavy (non-hydrogen) atoms. The number of ether oxygens (including phenoxy) is 1. The van der Waals surface area contributed by atoms with Crippen molar-refractivity contribution in [1.82, 2.24) is 0 Å². The van der Waals surface area contributed by atoms with Crippen molar-refractivity contribution in [2.75, 3.05) is 7.11 Å². The molecule has 0 rings (SSSR count). The Bertz CT molecular complexity index is 230. The van der Waals surface area contributed by atoms with Crippen LogP contribution in [0, 0.1) is 0 Å². The van der Waals surface area contributed by atoms with Gasteiger partial charge in [0.05, 0.1) is 19.8 Å². The average Bonchev–Trinajstić information content (AvgIpc) is 1.99. The summed E-state index contributed by atoms with van der Waals surface area (Å²) in [7, 11) is 1.23. The van der Waals surface area contributed by atoms with E-state index in [0.717, 1.165) is 12.3 Å². The number of alkyl halides is 3. The molecule has 0 N–H and O–H groups in total. The lowest BCUT2D eigenvalue weighted by atomic mass is 10.2. The molecule has 3 nitrogen and oxygen atoms in total. The average molecular weight is 196 g/mol.